The van der Waals surface area contributed by atoms with E-state index in [4.69, 9.17) is 4.74 Å². The van der Waals surface area contributed by atoms with Gasteiger partial charge in [0.1, 0.15) is 19.3 Å². The molecule has 0 radical (unpaired) electrons. The second-order valence-corrected chi connectivity index (χ2v) is 8.59. The van der Waals surface area contributed by atoms with Crippen LogP contribution in [0.3, 0.4) is 0 Å². The Balaban J connectivity index is 1.58. The standard InChI is InChI=1S/C24H29FNO3/c1-26(15-14-25)20-12-13-21(26)17-22(16-20)29-23(27)24(28,18-8-4-2-5-9-18)19-10-6-3-7-11-19/h2-11,20-22,28H,12-17H2,1H3/q+1/t20-,21?,22?,26?/m1/s1. The van der Waals surface area contributed by atoms with E-state index in [2.05, 4.69) is 7.05 Å². The summed E-state index contributed by atoms with van der Waals surface area (Å²) >= 11 is 0. The molecule has 4 nitrogen and oxygen atoms in total. The predicted molar refractivity (Wildman–Crippen MR) is 109 cm³/mol. The summed E-state index contributed by atoms with van der Waals surface area (Å²) in [4.78, 5) is 13.3. The zero-order chi connectivity index (χ0) is 20.5. The van der Waals surface area contributed by atoms with Crippen molar-refractivity contribution in [3.05, 3.63) is 71.8 Å². The van der Waals surface area contributed by atoms with Crippen molar-refractivity contribution in [1.29, 1.82) is 0 Å². The van der Waals surface area contributed by atoms with Crippen LogP contribution in [0.5, 0.6) is 0 Å². The van der Waals surface area contributed by atoms with Gasteiger partial charge in [-0.3, -0.25) is 0 Å². The molecule has 4 atom stereocenters. The summed E-state index contributed by atoms with van der Waals surface area (Å²) in [6.07, 6.45) is 3.27. The fraction of sp³-hybridized carbons (Fsp3) is 0.458. The fourth-order valence-corrected chi connectivity index (χ4v) is 5.33. The Morgan fingerprint density at radius 3 is 1.97 bits per heavy atom. The molecule has 0 saturated carbocycles. The van der Waals surface area contributed by atoms with Gasteiger partial charge in [0.25, 0.3) is 0 Å². The Bertz CT molecular complexity index is 788. The number of aliphatic hydroxyl groups is 1. The van der Waals surface area contributed by atoms with Crippen molar-refractivity contribution in [1.82, 2.24) is 0 Å². The van der Waals surface area contributed by atoms with Crippen LogP contribution >= 0.6 is 0 Å². The molecule has 3 unspecified atom stereocenters. The van der Waals surface area contributed by atoms with E-state index in [0.29, 0.717) is 29.8 Å². The van der Waals surface area contributed by atoms with Crippen LogP contribution in [0.4, 0.5) is 4.39 Å². The molecule has 2 heterocycles. The number of hydrogen-bond donors (Lipinski definition) is 1. The van der Waals surface area contributed by atoms with Crippen molar-refractivity contribution in [2.24, 2.45) is 0 Å². The Hall–Kier alpha value is -2.24. The van der Waals surface area contributed by atoms with Crippen molar-refractivity contribution >= 4 is 5.97 Å². The van der Waals surface area contributed by atoms with Gasteiger partial charge in [0.15, 0.2) is 0 Å². The molecule has 5 heteroatoms. The monoisotopic (exact) mass is 398 g/mol. The number of nitrogens with zero attached hydrogens (tertiary/aromatic N) is 1. The molecule has 1 N–H and O–H groups in total. The van der Waals surface area contributed by atoms with Crippen LogP contribution in [-0.2, 0) is 15.1 Å². The normalized spacial score (nSPS) is 28.9. The van der Waals surface area contributed by atoms with Crippen LogP contribution in [0.15, 0.2) is 60.7 Å². The topological polar surface area (TPSA) is 46.5 Å². The molecule has 2 aliphatic rings. The van der Waals surface area contributed by atoms with Gasteiger partial charge < -0.3 is 14.3 Å². The number of fused-ring (bicyclic) bond motifs is 2. The highest BCUT2D eigenvalue weighted by atomic mass is 19.1. The third-order valence-electron chi connectivity index (χ3n) is 7.09. The van der Waals surface area contributed by atoms with Crippen LogP contribution in [0.2, 0.25) is 0 Å². The number of quaternary nitrogens is 1. The van der Waals surface area contributed by atoms with E-state index in [-0.39, 0.29) is 12.8 Å². The summed E-state index contributed by atoms with van der Waals surface area (Å²) < 4.78 is 19.8. The second kappa shape index (κ2) is 7.88. The number of esters is 1. The molecule has 0 spiro atoms. The van der Waals surface area contributed by atoms with Gasteiger partial charge in [0.2, 0.25) is 5.60 Å². The van der Waals surface area contributed by atoms with Crippen LogP contribution in [0.25, 0.3) is 0 Å². The SMILES string of the molecule is C[N+]1(CCF)C2CC[C@@H]1CC(OC(=O)C(O)(c1ccccc1)c1ccccc1)C2. The van der Waals surface area contributed by atoms with Crippen LogP contribution < -0.4 is 0 Å². The number of carbonyl (C=O) groups is 1. The molecule has 2 saturated heterocycles. The van der Waals surface area contributed by atoms with E-state index < -0.39 is 11.6 Å². The van der Waals surface area contributed by atoms with Crippen LogP contribution in [0.1, 0.15) is 36.8 Å². The van der Waals surface area contributed by atoms with E-state index in [1.807, 2.05) is 12.1 Å². The molecule has 4 rings (SSSR count). The zero-order valence-electron chi connectivity index (χ0n) is 16.8. The molecule has 29 heavy (non-hydrogen) atoms. The summed E-state index contributed by atoms with van der Waals surface area (Å²) in [5.74, 6) is -0.638. The lowest BCUT2D eigenvalue weighted by atomic mass is 9.86. The van der Waals surface area contributed by atoms with E-state index in [1.54, 1.807) is 48.5 Å². The van der Waals surface area contributed by atoms with Gasteiger partial charge in [0.05, 0.1) is 19.1 Å². The summed E-state index contributed by atoms with van der Waals surface area (Å²) in [6, 6.07) is 18.5. The van der Waals surface area contributed by atoms with E-state index in [9.17, 15) is 14.3 Å². The van der Waals surface area contributed by atoms with E-state index in [1.165, 1.54) is 0 Å². The maximum atomic E-state index is 13.3. The number of halogens is 1. The number of alkyl halides is 1. The zero-order valence-corrected chi connectivity index (χ0v) is 16.8. The van der Waals surface area contributed by atoms with Gasteiger partial charge in [-0.25, -0.2) is 9.18 Å². The maximum Gasteiger partial charge on any atom is 0.347 e. The van der Waals surface area contributed by atoms with Crippen molar-refractivity contribution in [3.63, 3.8) is 0 Å². The molecule has 2 aromatic rings. The van der Waals surface area contributed by atoms with Crippen molar-refractivity contribution in [2.45, 2.75) is 49.5 Å². The summed E-state index contributed by atoms with van der Waals surface area (Å²) in [5, 5.41) is 11.6. The smallest absolute Gasteiger partial charge is 0.347 e. The van der Waals surface area contributed by atoms with Crippen molar-refractivity contribution in [2.75, 3.05) is 20.3 Å². The number of benzene rings is 2. The minimum atomic E-state index is -1.85. The summed E-state index contributed by atoms with van der Waals surface area (Å²) in [7, 11) is 2.13. The Labute approximate surface area is 171 Å². The quantitative estimate of drug-likeness (QED) is 0.598. The fourth-order valence-electron chi connectivity index (χ4n) is 5.33. The number of rotatable bonds is 6. The average Bonchev–Trinajstić information content (AvgIpc) is 2.91. The molecule has 2 aliphatic heterocycles. The number of ether oxygens (including phenoxy) is 1. The molecular weight excluding hydrogens is 369 g/mol. The first-order valence-electron chi connectivity index (χ1n) is 10.4. The third kappa shape index (κ3) is 3.47. The summed E-state index contributed by atoms with van der Waals surface area (Å²) in [5.41, 5.74) is -0.864. The van der Waals surface area contributed by atoms with Gasteiger partial charge in [0, 0.05) is 25.7 Å². The highest BCUT2D eigenvalue weighted by Gasteiger charge is 2.53. The summed E-state index contributed by atoms with van der Waals surface area (Å²) in [6.45, 7) is 0.198. The lowest BCUT2D eigenvalue weighted by molar-refractivity contribution is -0.949. The minimum Gasteiger partial charge on any atom is -0.459 e. The van der Waals surface area contributed by atoms with Crippen molar-refractivity contribution < 1.29 is 23.5 Å². The largest absolute Gasteiger partial charge is 0.459 e. The third-order valence-corrected chi connectivity index (χ3v) is 7.09. The molecule has 154 valence electrons. The van der Waals surface area contributed by atoms with Gasteiger partial charge in [-0.05, 0) is 11.1 Å². The lowest BCUT2D eigenvalue weighted by Crippen LogP contribution is -2.60. The highest BCUT2D eigenvalue weighted by molar-refractivity contribution is 5.85. The van der Waals surface area contributed by atoms with Crippen LogP contribution in [-0.4, -0.2) is 54.0 Å². The van der Waals surface area contributed by atoms with Gasteiger partial charge in [-0.2, -0.15) is 0 Å². The number of carbonyl (C=O) groups excluding carboxylic acids is 1. The molecule has 2 bridgehead atoms. The van der Waals surface area contributed by atoms with E-state index >= 15 is 0 Å². The molecule has 2 fully saturated rings. The van der Waals surface area contributed by atoms with Gasteiger partial charge in [-0.1, -0.05) is 60.7 Å². The molecular formula is C24H29FNO3+. The Kier molecular flexibility index (Phi) is 5.45. The maximum absolute atomic E-state index is 13.3. The average molecular weight is 398 g/mol. The lowest BCUT2D eigenvalue weighted by Gasteiger charge is -2.46. The van der Waals surface area contributed by atoms with Gasteiger partial charge in [-0.15, -0.1) is 0 Å². The van der Waals surface area contributed by atoms with Crippen LogP contribution in [0, 0.1) is 0 Å². The highest BCUT2D eigenvalue weighted by Crippen LogP contribution is 2.43. The molecule has 0 aromatic heterocycles. The first-order valence-corrected chi connectivity index (χ1v) is 10.4. The first-order chi connectivity index (χ1) is 14.0. The molecule has 0 aliphatic carbocycles. The second-order valence-electron chi connectivity index (χ2n) is 8.59. The molecule has 0 amide bonds. The number of piperidine rings is 1. The predicted octanol–water partition coefficient (Wildman–Crippen LogP) is 3.58. The first kappa shape index (κ1) is 20.0. The van der Waals surface area contributed by atoms with Crippen molar-refractivity contribution in [3.8, 4) is 0 Å². The van der Waals surface area contributed by atoms with Gasteiger partial charge >= 0.3 is 5.97 Å². The number of hydrogen-bond acceptors (Lipinski definition) is 3. The molecule has 2 aromatic carbocycles. The Morgan fingerprint density at radius 2 is 1.52 bits per heavy atom. The minimum absolute atomic E-state index is 0.246. The Morgan fingerprint density at radius 1 is 1.03 bits per heavy atom. The van der Waals surface area contributed by atoms with E-state index in [0.717, 1.165) is 30.2 Å².